The molecule has 1 heterocycles. The zero-order chi connectivity index (χ0) is 8.32. The molecule has 0 aromatic carbocycles. The van der Waals surface area contributed by atoms with Crippen molar-refractivity contribution in [3.05, 3.63) is 11.6 Å². The highest BCUT2D eigenvalue weighted by atomic mass is 14.9. The van der Waals surface area contributed by atoms with Gasteiger partial charge in [-0.05, 0) is 24.8 Å². The van der Waals surface area contributed by atoms with Crippen molar-refractivity contribution in [3.8, 4) is 0 Å². The van der Waals surface area contributed by atoms with Crippen LogP contribution in [0.1, 0.15) is 33.6 Å². The predicted octanol–water partition coefficient (Wildman–Crippen LogP) is 2.34. The van der Waals surface area contributed by atoms with Gasteiger partial charge >= 0.3 is 0 Å². The van der Waals surface area contributed by atoms with Crippen molar-refractivity contribution >= 4 is 0 Å². The summed E-state index contributed by atoms with van der Waals surface area (Å²) in [4.78, 5) is 0. The van der Waals surface area contributed by atoms with Crippen molar-refractivity contribution in [1.29, 1.82) is 0 Å². The van der Waals surface area contributed by atoms with Gasteiger partial charge in [0.05, 0.1) is 0 Å². The molecule has 1 saturated heterocycles. The summed E-state index contributed by atoms with van der Waals surface area (Å²) in [6, 6.07) is 0. The van der Waals surface area contributed by atoms with Gasteiger partial charge in [0, 0.05) is 6.54 Å². The fourth-order valence-corrected chi connectivity index (χ4v) is 1.51. The monoisotopic (exact) mass is 153 g/mol. The maximum Gasteiger partial charge on any atom is 0.0164 e. The van der Waals surface area contributed by atoms with Gasteiger partial charge < -0.3 is 5.32 Å². The van der Waals surface area contributed by atoms with Crippen LogP contribution in [0.15, 0.2) is 11.6 Å². The van der Waals surface area contributed by atoms with E-state index in [4.69, 9.17) is 0 Å². The highest BCUT2D eigenvalue weighted by Gasteiger charge is 2.10. The lowest BCUT2D eigenvalue weighted by atomic mass is 9.91. The number of allylic oxidation sites excluding steroid dienone is 1. The summed E-state index contributed by atoms with van der Waals surface area (Å²) in [5.74, 6) is 0. The van der Waals surface area contributed by atoms with Gasteiger partial charge in [-0.15, -0.1) is 0 Å². The molecule has 0 radical (unpaired) electrons. The lowest BCUT2D eigenvalue weighted by Gasteiger charge is -2.20. The Morgan fingerprint density at radius 2 is 2.09 bits per heavy atom. The Labute approximate surface area is 69.9 Å². The van der Waals surface area contributed by atoms with Crippen LogP contribution in [0.3, 0.4) is 0 Å². The Kier molecular flexibility index (Phi) is 2.72. The molecule has 11 heavy (non-hydrogen) atoms. The van der Waals surface area contributed by atoms with Crippen LogP contribution in [-0.2, 0) is 0 Å². The standard InChI is InChI=1S/C10H19N/c1-10(2,3)7-9-5-4-6-11-8-9/h7,11H,4-6,8H2,1-3H3/b9-7+. The molecule has 0 bridgehead atoms. The van der Waals surface area contributed by atoms with E-state index < -0.39 is 0 Å². The first-order chi connectivity index (χ1) is 5.08. The molecule has 1 rings (SSSR count). The molecule has 1 aliphatic heterocycles. The van der Waals surface area contributed by atoms with Crippen LogP contribution < -0.4 is 5.32 Å². The van der Waals surface area contributed by atoms with Gasteiger partial charge in [0.25, 0.3) is 0 Å². The third-order valence-corrected chi connectivity index (χ3v) is 1.84. The first kappa shape index (κ1) is 8.79. The highest BCUT2D eigenvalue weighted by molar-refractivity contribution is 5.10. The summed E-state index contributed by atoms with van der Waals surface area (Å²) in [6.45, 7) is 9.08. The van der Waals surface area contributed by atoms with E-state index >= 15 is 0 Å². The van der Waals surface area contributed by atoms with Crippen molar-refractivity contribution in [1.82, 2.24) is 5.32 Å². The van der Waals surface area contributed by atoms with E-state index in [0.717, 1.165) is 6.54 Å². The van der Waals surface area contributed by atoms with E-state index in [1.54, 1.807) is 5.57 Å². The van der Waals surface area contributed by atoms with Gasteiger partial charge in [-0.1, -0.05) is 32.4 Å². The largest absolute Gasteiger partial charge is 0.313 e. The average molecular weight is 153 g/mol. The second kappa shape index (κ2) is 3.40. The highest BCUT2D eigenvalue weighted by Crippen LogP contribution is 2.20. The van der Waals surface area contributed by atoms with Gasteiger partial charge in [0.1, 0.15) is 0 Å². The van der Waals surface area contributed by atoms with Gasteiger partial charge in [0.2, 0.25) is 0 Å². The van der Waals surface area contributed by atoms with Crippen LogP contribution in [0, 0.1) is 5.41 Å². The van der Waals surface area contributed by atoms with Gasteiger partial charge in [0.15, 0.2) is 0 Å². The van der Waals surface area contributed by atoms with Crippen LogP contribution in [-0.4, -0.2) is 13.1 Å². The quantitative estimate of drug-likeness (QED) is 0.527. The lowest BCUT2D eigenvalue weighted by Crippen LogP contribution is -2.24. The number of piperidine rings is 1. The van der Waals surface area contributed by atoms with Crippen LogP contribution in [0.5, 0.6) is 0 Å². The molecule has 1 N–H and O–H groups in total. The molecule has 1 heteroatoms. The molecule has 0 spiro atoms. The average Bonchev–Trinajstić information content (AvgIpc) is 1.85. The number of nitrogens with one attached hydrogen (secondary N) is 1. The molecule has 0 aliphatic carbocycles. The summed E-state index contributed by atoms with van der Waals surface area (Å²) in [6.07, 6.45) is 5.01. The molecular weight excluding hydrogens is 134 g/mol. The molecular formula is C10H19N. The fourth-order valence-electron chi connectivity index (χ4n) is 1.51. The van der Waals surface area contributed by atoms with Crippen LogP contribution >= 0.6 is 0 Å². The summed E-state index contributed by atoms with van der Waals surface area (Å²) >= 11 is 0. The Bertz CT molecular complexity index is 143. The Balaban J connectivity index is 2.50. The van der Waals surface area contributed by atoms with Crippen molar-refractivity contribution < 1.29 is 0 Å². The van der Waals surface area contributed by atoms with E-state index in [0.29, 0.717) is 5.41 Å². The first-order valence-corrected chi connectivity index (χ1v) is 4.49. The maximum absolute atomic E-state index is 3.39. The second-order valence-corrected chi connectivity index (χ2v) is 4.45. The van der Waals surface area contributed by atoms with Crippen LogP contribution in [0.25, 0.3) is 0 Å². The van der Waals surface area contributed by atoms with E-state index in [9.17, 15) is 0 Å². The third-order valence-electron chi connectivity index (χ3n) is 1.84. The summed E-state index contributed by atoms with van der Waals surface area (Å²) < 4.78 is 0. The van der Waals surface area contributed by atoms with E-state index in [-0.39, 0.29) is 0 Å². The normalized spacial score (nSPS) is 24.1. The second-order valence-electron chi connectivity index (χ2n) is 4.45. The summed E-state index contributed by atoms with van der Waals surface area (Å²) in [5, 5.41) is 3.39. The molecule has 0 unspecified atom stereocenters. The first-order valence-electron chi connectivity index (χ1n) is 4.49. The van der Waals surface area contributed by atoms with E-state index in [2.05, 4.69) is 32.2 Å². The molecule has 64 valence electrons. The minimum atomic E-state index is 0.356. The molecule has 1 aliphatic rings. The SMILES string of the molecule is CC(C)(C)/C=C1\CCCNC1. The minimum absolute atomic E-state index is 0.356. The van der Waals surface area contributed by atoms with Gasteiger partial charge in [-0.3, -0.25) is 0 Å². The van der Waals surface area contributed by atoms with Crippen molar-refractivity contribution in [2.75, 3.05) is 13.1 Å². The molecule has 0 saturated carbocycles. The molecule has 0 amide bonds. The predicted molar refractivity (Wildman–Crippen MR) is 49.6 cm³/mol. The number of hydrogen-bond acceptors (Lipinski definition) is 1. The van der Waals surface area contributed by atoms with Crippen LogP contribution in [0.2, 0.25) is 0 Å². The lowest BCUT2D eigenvalue weighted by molar-refractivity contribution is 0.521. The minimum Gasteiger partial charge on any atom is -0.313 e. The number of hydrogen-bond donors (Lipinski definition) is 1. The fraction of sp³-hybridized carbons (Fsp3) is 0.800. The zero-order valence-corrected chi connectivity index (χ0v) is 7.91. The van der Waals surface area contributed by atoms with Crippen LogP contribution in [0.4, 0.5) is 0 Å². The third kappa shape index (κ3) is 3.57. The molecule has 1 fully saturated rings. The van der Waals surface area contributed by atoms with E-state index in [1.165, 1.54) is 19.4 Å². The van der Waals surface area contributed by atoms with Crippen molar-refractivity contribution in [2.24, 2.45) is 5.41 Å². The van der Waals surface area contributed by atoms with Gasteiger partial charge in [-0.25, -0.2) is 0 Å². The zero-order valence-electron chi connectivity index (χ0n) is 7.91. The summed E-state index contributed by atoms with van der Waals surface area (Å²) in [5.41, 5.74) is 1.94. The van der Waals surface area contributed by atoms with E-state index in [1.807, 2.05) is 0 Å². The summed E-state index contributed by atoms with van der Waals surface area (Å²) in [7, 11) is 0. The number of rotatable bonds is 0. The topological polar surface area (TPSA) is 12.0 Å². The molecule has 0 atom stereocenters. The Morgan fingerprint density at radius 1 is 1.36 bits per heavy atom. The Hall–Kier alpha value is -0.300. The van der Waals surface area contributed by atoms with Crippen molar-refractivity contribution in [2.45, 2.75) is 33.6 Å². The maximum atomic E-state index is 3.39. The van der Waals surface area contributed by atoms with Gasteiger partial charge in [-0.2, -0.15) is 0 Å². The molecule has 0 aromatic heterocycles. The smallest absolute Gasteiger partial charge is 0.0164 e. The molecule has 1 nitrogen and oxygen atoms in total. The molecule has 0 aromatic rings. The van der Waals surface area contributed by atoms with Crippen molar-refractivity contribution in [3.63, 3.8) is 0 Å². The Morgan fingerprint density at radius 3 is 2.55 bits per heavy atom.